The van der Waals surface area contributed by atoms with Gasteiger partial charge >= 0.3 is 5.97 Å². The predicted octanol–water partition coefficient (Wildman–Crippen LogP) is 3.53. The Labute approximate surface area is 146 Å². The van der Waals surface area contributed by atoms with E-state index in [1.54, 1.807) is 6.92 Å². The van der Waals surface area contributed by atoms with Gasteiger partial charge in [-0.05, 0) is 36.8 Å². The van der Waals surface area contributed by atoms with Crippen LogP contribution in [0.1, 0.15) is 24.8 Å². The molecule has 0 unspecified atom stereocenters. The Balaban J connectivity index is 1.94. The lowest BCUT2D eigenvalue weighted by Crippen LogP contribution is -2.34. The van der Waals surface area contributed by atoms with E-state index in [1.807, 2.05) is 54.6 Å². The van der Waals surface area contributed by atoms with E-state index in [0.717, 1.165) is 11.3 Å². The van der Waals surface area contributed by atoms with Crippen molar-refractivity contribution in [3.05, 3.63) is 71.4 Å². The fourth-order valence-corrected chi connectivity index (χ4v) is 2.99. The Kier molecular flexibility index (Phi) is 4.84. The summed E-state index contributed by atoms with van der Waals surface area (Å²) in [6.07, 6.45) is 0.191. The number of allylic oxidation sites excluding steroid dienone is 1. The highest BCUT2D eigenvalue weighted by atomic mass is 16.5. The highest BCUT2D eigenvalue weighted by Crippen LogP contribution is 2.35. The van der Waals surface area contributed by atoms with Crippen LogP contribution in [0.15, 0.2) is 65.9 Å². The highest BCUT2D eigenvalue weighted by Gasteiger charge is 2.32. The molecule has 0 fully saturated rings. The largest absolute Gasteiger partial charge is 0.466 e. The summed E-state index contributed by atoms with van der Waals surface area (Å²) in [5, 5.41) is 2.71. The number of amides is 1. The highest BCUT2D eigenvalue weighted by molar-refractivity contribution is 5.95. The zero-order valence-corrected chi connectivity index (χ0v) is 14.1. The first-order valence-corrected chi connectivity index (χ1v) is 8.00. The third kappa shape index (κ3) is 3.71. The molecule has 25 heavy (non-hydrogen) atoms. The minimum Gasteiger partial charge on any atom is -0.466 e. The van der Waals surface area contributed by atoms with Crippen molar-refractivity contribution in [2.75, 3.05) is 7.11 Å². The third-order valence-electron chi connectivity index (χ3n) is 4.11. The molecule has 0 aliphatic carbocycles. The summed E-state index contributed by atoms with van der Waals surface area (Å²) in [5.41, 5.74) is 1.84. The molecule has 128 valence electrons. The normalized spacial score (nSPS) is 17.0. The van der Waals surface area contributed by atoms with Crippen molar-refractivity contribution in [3.63, 3.8) is 0 Å². The average Bonchev–Trinajstić information content (AvgIpc) is 2.61. The van der Waals surface area contributed by atoms with Crippen LogP contribution in [0.5, 0.6) is 11.5 Å². The fraction of sp³-hybridized carbons (Fsp3) is 0.200. The molecule has 0 saturated carbocycles. The molecule has 1 aliphatic rings. The van der Waals surface area contributed by atoms with Gasteiger partial charge in [0.25, 0.3) is 0 Å². The third-order valence-corrected chi connectivity index (χ3v) is 4.11. The number of methoxy groups -OCH3 is 1. The summed E-state index contributed by atoms with van der Waals surface area (Å²) in [5.74, 6) is 0.458. The molecular formula is C20H19NO4. The Hall–Kier alpha value is -3.08. The number of nitrogens with one attached hydrogen (secondary N) is 1. The van der Waals surface area contributed by atoms with Gasteiger partial charge in [0.1, 0.15) is 11.5 Å². The molecule has 0 bridgehead atoms. The molecule has 1 heterocycles. The Morgan fingerprint density at radius 2 is 1.80 bits per heavy atom. The van der Waals surface area contributed by atoms with E-state index in [0.29, 0.717) is 17.0 Å². The van der Waals surface area contributed by atoms with Crippen LogP contribution < -0.4 is 10.1 Å². The maximum Gasteiger partial charge on any atom is 0.336 e. The van der Waals surface area contributed by atoms with E-state index >= 15 is 0 Å². The monoisotopic (exact) mass is 337 g/mol. The molecule has 0 saturated heterocycles. The Morgan fingerprint density at radius 1 is 1.08 bits per heavy atom. The van der Waals surface area contributed by atoms with E-state index < -0.39 is 5.97 Å². The van der Waals surface area contributed by atoms with Crippen molar-refractivity contribution in [1.82, 2.24) is 5.32 Å². The molecule has 1 aliphatic heterocycles. The molecule has 5 heteroatoms. The van der Waals surface area contributed by atoms with Crippen molar-refractivity contribution in [1.29, 1.82) is 0 Å². The van der Waals surface area contributed by atoms with Crippen LogP contribution in [0.3, 0.4) is 0 Å². The van der Waals surface area contributed by atoms with Gasteiger partial charge in [0.2, 0.25) is 5.91 Å². The molecule has 0 radical (unpaired) electrons. The minimum atomic E-state index is -0.433. The van der Waals surface area contributed by atoms with Gasteiger partial charge in [0.05, 0.1) is 12.7 Å². The molecule has 5 nitrogen and oxygen atoms in total. The van der Waals surface area contributed by atoms with E-state index in [1.165, 1.54) is 7.11 Å². The van der Waals surface area contributed by atoms with Crippen LogP contribution in [0, 0.1) is 0 Å². The molecule has 2 aromatic carbocycles. The Bertz CT molecular complexity index is 827. The van der Waals surface area contributed by atoms with Crippen LogP contribution in [0.2, 0.25) is 0 Å². The van der Waals surface area contributed by atoms with Crippen LogP contribution in [0.25, 0.3) is 0 Å². The predicted molar refractivity (Wildman–Crippen MR) is 93.2 cm³/mol. The lowest BCUT2D eigenvalue weighted by Gasteiger charge is -2.26. The summed E-state index contributed by atoms with van der Waals surface area (Å²) in [4.78, 5) is 24.1. The molecule has 1 amide bonds. The van der Waals surface area contributed by atoms with Gasteiger partial charge < -0.3 is 14.8 Å². The minimum absolute atomic E-state index is 0.121. The van der Waals surface area contributed by atoms with Crippen molar-refractivity contribution in [3.8, 4) is 11.5 Å². The first kappa shape index (κ1) is 16.8. The maximum atomic E-state index is 12.2. The van der Waals surface area contributed by atoms with E-state index in [4.69, 9.17) is 9.47 Å². The number of hydrogen-bond donors (Lipinski definition) is 1. The van der Waals surface area contributed by atoms with E-state index in [9.17, 15) is 9.59 Å². The quantitative estimate of drug-likeness (QED) is 0.867. The summed E-state index contributed by atoms with van der Waals surface area (Å²) < 4.78 is 10.7. The maximum absolute atomic E-state index is 12.2. The van der Waals surface area contributed by atoms with Gasteiger partial charge in [-0.15, -0.1) is 0 Å². The van der Waals surface area contributed by atoms with Crippen LogP contribution in [-0.2, 0) is 14.3 Å². The van der Waals surface area contributed by atoms with Crippen LogP contribution in [-0.4, -0.2) is 19.0 Å². The van der Waals surface area contributed by atoms with Crippen LogP contribution in [0.4, 0.5) is 0 Å². The van der Waals surface area contributed by atoms with E-state index in [-0.39, 0.29) is 18.2 Å². The second kappa shape index (κ2) is 7.21. The Morgan fingerprint density at radius 3 is 2.52 bits per heavy atom. The molecule has 1 atom stereocenters. The van der Waals surface area contributed by atoms with Gasteiger partial charge in [-0.25, -0.2) is 4.79 Å². The molecule has 2 aromatic rings. The molecular weight excluding hydrogens is 318 g/mol. The molecule has 0 spiro atoms. The average molecular weight is 337 g/mol. The summed E-state index contributed by atoms with van der Waals surface area (Å²) in [6, 6.07) is 16.9. The van der Waals surface area contributed by atoms with Gasteiger partial charge in [-0.1, -0.05) is 30.3 Å². The molecule has 1 N–H and O–H groups in total. The first-order chi connectivity index (χ1) is 12.1. The summed E-state index contributed by atoms with van der Waals surface area (Å²) in [6.45, 7) is 1.71. The SMILES string of the molecule is COC(=O)C1=C(C)NC(=O)C[C@H]1c1cccc(Oc2ccccc2)c1. The standard InChI is InChI=1S/C20H19NO4/c1-13-19(20(23)24-2)17(12-18(22)21-13)14-7-6-10-16(11-14)25-15-8-4-3-5-9-15/h3-11,17H,12H2,1-2H3,(H,21,22)/t17-/m0/s1. The van der Waals surface area contributed by atoms with Gasteiger partial charge in [-0.2, -0.15) is 0 Å². The number of benzene rings is 2. The second-order valence-corrected chi connectivity index (χ2v) is 5.82. The first-order valence-electron chi connectivity index (χ1n) is 8.00. The smallest absolute Gasteiger partial charge is 0.336 e. The topological polar surface area (TPSA) is 64.6 Å². The molecule has 0 aromatic heterocycles. The van der Waals surface area contributed by atoms with E-state index in [2.05, 4.69) is 5.32 Å². The number of hydrogen-bond acceptors (Lipinski definition) is 4. The summed E-state index contributed by atoms with van der Waals surface area (Å²) >= 11 is 0. The zero-order valence-electron chi connectivity index (χ0n) is 14.1. The van der Waals surface area contributed by atoms with Gasteiger partial charge in [0.15, 0.2) is 0 Å². The summed E-state index contributed by atoms with van der Waals surface area (Å²) in [7, 11) is 1.34. The van der Waals surface area contributed by atoms with Gasteiger partial charge in [0, 0.05) is 18.0 Å². The second-order valence-electron chi connectivity index (χ2n) is 5.82. The molecule has 3 rings (SSSR count). The number of carbonyl (C=O) groups excluding carboxylic acids is 2. The van der Waals surface area contributed by atoms with Gasteiger partial charge in [-0.3, -0.25) is 4.79 Å². The number of esters is 1. The number of rotatable bonds is 4. The van der Waals surface area contributed by atoms with Crippen molar-refractivity contribution in [2.24, 2.45) is 0 Å². The van der Waals surface area contributed by atoms with Crippen molar-refractivity contribution >= 4 is 11.9 Å². The number of ether oxygens (including phenoxy) is 2. The lowest BCUT2D eigenvalue weighted by molar-refractivity contribution is -0.136. The lowest BCUT2D eigenvalue weighted by atomic mass is 9.84. The van der Waals surface area contributed by atoms with Crippen LogP contribution >= 0.6 is 0 Å². The zero-order chi connectivity index (χ0) is 17.8. The van der Waals surface area contributed by atoms with Crippen molar-refractivity contribution < 1.29 is 19.1 Å². The number of carbonyl (C=O) groups is 2. The number of para-hydroxylation sites is 1. The fourth-order valence-electron chi connectivity index (χ4n) is 2.99. The van der Waals surface area contributed by atoms with Crippen molar-refractivity contribution in [2.45, 2.75) is 19.3 Å².